The summed E-state index contributed by atoms with van der Waals surface area (Å²) >= 11 is 0. The molecule has 2 fully saturated rings. The van der Waals surface area contributed by atoms with Gasteiger partial charge in [-0.2, -0.15) is 0 Å². The first kappa shape index (κ1) is 12.5. The summed E-state index contributed by atoms with van der Waals surface area (Å²) in [4.78, 5) is 14.4. The van der Waals surface area contributed by atoms with E-state index in [1.807, 2.05) is 23.1 Å². The summed E-state index contributed by atoms with van der Waals surface area (Å²) in [6.45, 7) is 3.51. The number of benzene rings is 1. The maximum absolute atomic E-state index is 12.4. The first-order chi connectivity index (χ1) is 9.31. The van der Waals surface area contributed by atoms with E-state index < -0.39 is 0 Å². The number of hydrogen-bond acceptors (Lipinski definition) is 3. The molecule has 2 aliphatic rings. The Morgan fingerprint density at radius 1 is 1.32 bits per heavy atom. The van der Waals surface area contributed by atoms with Crippen LogP contribution in [0.4, 0.5) is 0 Å². The first-order valence-electron chi connectivity index (χ1n) is 6.93. The van der Waals surface area contributed by atoms with E-state index in [9.17, 15) is 4.79 Å². The van der Waals surface area contributed by atoms with E-state index in [2.05, 4.69) is 11.4 Å². The van der Waals surface area contributed by atoms with Crippen LogP contribution in [0.15, 0.2) is 24.3 Å². The highest BCUT2D eigenvalue weighted by atomic mass is 16.5. The number of ether oxygens (including phenoxy) is 1. The highest BCUT2D eigenvalue weighted by Crippen LogP contribution is 2.51. The van der Waals surface area contributed by atoms with E-state index >= 15 is 0 Å². The van der Waals surface area contributed by atoms with Gasteiger partial charge in [0.2, 0.25) is 5.91 Å². The third-order valence-corrected chi connectivity index (χ3v) is 4.07. The van der Waals surface area contributed by atoms with Crippen LogP contribution in [0.25, 0.3) is 0 Å². The number of para-hydroxylation sites is 1. The molecule has 0 aromatic heterocycles. The number of piperazine rings is 1. The molecule has 0 bridgehead atoms. The molecule has 1 heterocycles. The standard InChI is InChI=1S/C15H20N2O2/c1-19-14-5-3-2-4-11(14)12-10-13(12)15(18)17-8-6-16-7-9-17/h2-5,12-13,16H,6-10H2,1H3/t12-,13+/m1/s1. The lowest BCUT2D eigenvalue weighted by Crippen LogP contribution is -2.47. The smallest absolute Gasteiger partial charge is 0.226 e. The van der Waals surface area contributed by atoms with Gasteiger partial charge in [-0.15, -0.1) is 0 Å². The van der Waals surface area contributed by atoms with E-state index in [1.54, 1.807) is 7.11 Å². The molecule has 1 aromatic rings. The molecule has 0 spiro atoms. The van der Waals surface area contributed by atoms with Crippen molar-refractivity contribution < 1.29 is 9.53 Å². The van der Waals surface area contributed by atoms with Crippen LogP contribution in [0.5, 0.6) is 5.75 Å². The van der Waals surface area contributed by atoms with Gasteiger partial charge in [-0.3, -0.25) is 4.79 Å². The Bertz CT molecular complexity index is 469. The first-order valence-corrected chi connectivity index (χ1v) is 6.93. The van der Waals surface area contributed by atoms with Crippen molar-refractivity contribution in [2.75, 3.05) is 33.3 Å². The number of rotatable bonds is 3. The second-order valence-corrected chi connectivity index (χ2v) is 5.27. The normalized spacial score (nSPS) is 26.1. The molecule has 0 radical (unpaired) electrons. The quantitative estimate of drug-likeness (QED) is 0.889. The van der Waals surface area contributed by atoms with E-state index in [0.29, 0.717) is 11.8 Å². The molecule has 1 aliphatic heterocycles. The molecule has 1 amide bonds. The molecular weight excluding hydrogens is 240 g/mol. The van der Waals surface area contributed by atoms with Gasteiger partial charge >= 0.3 is 0 Å². The zero-order valence-electron chi connectivity index (χ0n) is 11.3. The van der Waals surface area contributed by atoms with Crippen LogP contribution in [0, 0.1) is 5.92 Å². The number of nitrogens with one attached hydrogen (secondary N) is 1. The Kier molecular flexibility index (Phi) is 3.42. The third kappa shape index (κ3) is 2.45. The van der Waals surface area contributed by atoms with Gasteiger partial charge in [-0.1, -0.05) is 18.2 Å². The third-order valence-electron chi connectivity index (χ3n) is 4.07. The van der Waals surface area contributed by atoms with Gasteiger partial charge in [-0.25, -0.2) is 0 Å². The van der Waals surface area contributed by atoms with Crippen LogP contribution in [0.3, 0.4) is 0 Å². The van der Waals surface area contributed by atoms with Crippen LogP contribution < -0.4 is 10.1 Å². The Hall–Kier alpha value is -1.55. The van der Waals surface area contributed by atoms with Gasteiger partial charge in [0, 0.05) is 32.1 Å². The fraction of sp³-hybridized carbons (Fsp3) is 0.533. The Balaban J connectivity index is 1.68. The molecule has 0 unspecified atom stereocenters. The Labute approximate surface area is 113 Å². The monoisotopic (exact) mass is 260 g/mol. The fourth-order valence-corrected chi connectivity index (χ4v) is 2.90. The topological polar surface area (TPSA) is 41.6 Å². The average Bonchev–Trinajstić information content (AvgIpc) is 3.27. The minimum Gasteiger partial charge on any atom is -0.496 e. The molecule has 1 aliphatic carbocycles. The Morgan fingerprint density at radius 3 is 2.79 bits per heavy atom. The molecule has 19 heavy (non-hydrogen) atoms. The van der Waals surface area contributed by atoms with E-state index in [-0.39, 0.29) is 5.92 Å². The van der Waals surface area contributed by atoms with Crippen molar-refractivity contribution in [3.8, 4) is 5.75 Å². The van der Waals surface area contributed by atoms with Crippen molar-refractivity contribution in [2.24, 2.45) is 5.92 Å². The maximum atomic E-state index is 12.4. The number of amides is 1. The van der Waals surface area contributed by atoms with Crippen LogP contribution in [0.2, 0.25) is 0 Å². The highest BCUT2D eigenvalue weighted by molar-refractivity contribution is 5.83. The molecule has 1 aromatic carbocycles. The summed E-state index contributed by atoms with van der Waals surface area (Å²) < 4.78 is 5.39. The lowest BCUT2D eigenvalue weighted by atomic mass is 10.1. The molecule has 1 N–H and O–H groups in total. The zero-order chi connectivity index (χ0) is 13.2. The van der Waals surface area contributed by atoms with Gasteiger partial charge in [0.25, 0.3) is 0 Å². The van der Waals surface area contributed by atoms with Crippen LogP contribution in [-0.4, -0.2) is 44.1 Å². The Morgan fingerprint density at radius 2 is 2.05 bits per heavy atom. The second-order valence-electron chi connectivity index (χ2n) is 5.27. The minimum absolute atomic E-state index is 0.161. The van der Waals surface area contributed by atoms with Crippen LogP contribution in [0.1, 0.15) is 17.9 Å². The summed E-state index contributed by atoms with van der Waals surface area (Å²) in [5, 5.41) is 3.28. The molecule has 1 saturated carbocycles. The second kappa shape index (κ2) is 5.21. The summed E-state index contributed by atoms with van der Waals surface area (Å²) in [6.07, 6.45) is 0.961. The predicted molar refractivity (Wildman–Crippen MR) is 73.3 cm³/mol. The van der Waals surface area contributed by atoms with Crippen molar-refractivity contribution >= 4 is 5.91 Å². The zero-order valence-corrected chi connectivity index (χ0v) is 11.3. The van der Waals surface area contributed by atoms with Crippen molar-refractivity contribution in [1.82, 2.24) is 10.2 Å². The molecule has 4 heteroatoms. The lowest BCUT2D eigenvalue weighted by molar-refractivity contribution is -0.133. The van der Waals surface area contributed by atoms with Crippen molar-refractivity contribution in [1.29, 1.82) is 0 Å². The van der Waals surface area contributed by atoms with E-state index in [1.165, 1.54) is 5.56 Å². The summed E-state index contributed by atoms with van der Waals surface area (Å²) in [6, 6.07) is 8.04. The van der Waals surface area contributed by atoms with Gasteiger partial charge in [0.15, 0.2) is 0 Å². The van der Waals surface area contributed by atoms with E-state index in [0.717, 1.165) is 38.3 Å². The van der Waals surface area contributed by atoms with Gasteiger partial charge in [0.1, 0.15) is 5.75 Å². The molecule has 1 saturated heterocycles. The summed E-state index contributed by atoms with van der Waals surface area (Å²) in [5.74, 6) is 1.73. The van der Waals surface area contributed by atoms with Crippen LogP contribution >= 0.6 is 0 Å². The van der Waals surface area contributed by atoms with Crippen molar-refractivity contribution in [2.45, 2.75) is 12.3 Å². The molecule has 4 nitrogen and oxygen atoms in total. The lowest BCUT2D eigenvalue weighted by Gasteiger charge is -2.27. The maximum Gasteiger partial charge on any atom is 0.226 e. The number of carbonyl (C=O) groups excluding carboxylic acids is 1. The molecule has 2 atom stereocenters. The highest BCUT2D eigenvalue weighted by Gasteiger charge is 2.46. The molecule has 3 rings (SSSR count). The summed E-state index contributed by atoms with van der Waals surface area (Å²) in [5.41, 5.74) is 1.18. The minimum atomic E-state index is 0.161. The number of nitrogens with zero attached hydrogens (tertiary/aromatic N) is 1. The number of carbonyl (C=O) groups is 1. The largest absolute Gasteiger partial charge is 0.496 e. The number of hydrogen-bond donors (Lipinski definition) is 1. The van der Waals surface area contributed by atoms with E-state index in [4.69, 9.17) is 4.74 Å². The average molecular weight is 260 g/mol. The van der Waals surface area contributed by atoms with Gasteiger partial charge in [0.05, 0.1) is 7.11 Å². The van der Waals surface area contributed by atoms with Gasteiger partial charge < -0.3 is 15.0 Å². The van der Waals surface area contributed by atoms with Crippen molar-refractivity contribution in [3.63, 3.8) is 0 Å². The van der Waals surface area contributed by atoms with Crippen molar-refractivity contribution in [3.05, 3.63) is 29.8 Å². The molecule has 102 valence electrons. The molecular formula is C15H20N2O2. The van der Waals surface area contributed by atoms with Gasteiger partial charge in [-0.05, 0) is 24.0 Å². The SMILES string of the molecule is COc1ccccc1[C@H]1C[C@@H]1C(=O)N1CCNCC1. The van der Waals surface area contributed by atoms with Crippen LogP contribution in [-0.2, 0) is 4.79 Å². The number of methoxy groups -OCH3 is 1. The summed E-state index contributed by atoms with van der Waals surface area (Å²) in [7, 11) is 1.69. The predicted octanol–water partition coefficient (Wildman–Crippen LogP) is 1.23. The fourth-order valence-electron chi connectivity index (χ4n) is 2.90.